The van der Waals surface area contributed by atoms with Crippen LogP contribution in [0.5, 0.6) is 0 Å². The Morgan fingerprint density at radius 3 is 2.39 bits per heavy atom. The SMILES string of the molecule is CS(=O)(=O)CCS(=O)(=O)Cc1cc(C(=O)O)no1. The molecular weight excluding hydrogens is 286 g/mol. The van der Waals surface area contributed by atoms with Gasteiger partial charge in [-0.3, -0.25) is 0 Å². The molecule has 18 heavy (non-hydrogen) atoms. The van der Waals surface area contributed by atoms with E-state index in [-0.39, 0.29) is 5.76 Å². The van der Waals surface area contributed by atoms with E-state index in [4.69, 9.17) is 5.11 Å². The summed E-state index contributed by atoms with van der Waals surface area (Å²) in [4.78, 5) is 10.5. The highest BCUT2D eigenvalue weighted by Gasteiger charge is 2.19. The molecule has 1 heterocycles. The first-order valence-corrected chi connectivity index (χ1v) is 8.54. The molecule has 1 N–H and O–H groups in total. The van der Waals surface area contributed by atoms with E-state index in [1.807, 2.05) is 0 Å². The van der Waals surface area contributed by atoms with Crippen LogP contribution in [-0.4, -0.2) is 50.8 Å². The lowest BCUT2D eigenvalue weighted by Gasteiger charge is -2.00. The highest BCUT2D eigenvalue weighted by Crippen LogP contribution is 2.09. The molecule has 1 rings (SSSR count). The van der Waals surface area contributed by atoms with Crippen molar-refractivity contribution in [2.75, 3.05) is 17.8 Å². The number of aromatic nitrogens is 1. The van der Waals surface area contributed by atoms with Crippen LogP contribution >= 0.6 is 0 Å². The van der Waals surface area contributed by atoms with E-state index in [1.54, 1.807) is 0 Å². The maximum absolute atomic E-state index is 11.5. The van der Waals surface area contributed by atoms with Crippen LogP contribution in [0.25, 0.3) is 0 Å². The van der Waals surface area contributed by atoms with E-state index in [1.165, 1.54) is 0 Å². The maximum Gasteiger partial charge on any atom is 0.358 e. The van der Waals surface area contributed by atoms with Crippen LogP contribution < -0.4 is 0 Å². The first-order chi connectivity index (χ1) is 8.09. The molecule has 0 aliphatic heterocycles. The van der Waals surface area contributed by atoms with E-state index in [9.17, 15) is 21.6 Å². The number of hydrogen-bond acceptors (Lipinski definition) is 7. The molecule has 0 atom stereocenters. The number of sulfone groups is 2. The molecule has 0 amide bonds. The molecule has 0 aliphatic rings. The predicted octanol–water partition coefficient (Wildman–Crippen LogP) is -0.668. The monoisotopic (exact) mass is 297 g/mol. The molecule has 0 saturated carbocycles. The number of carboxylic acid groups (broad SMARTS) is 1. The fourth-order valence-electron chi connectivity index (χ4n) is 1.05. The second-order valence-corrected chi connectivity index (χ2v) is 8.15. The van der Waals surface area contributed by atoms with Crippen molar-refractivity contribution in [1.29, 1.82) is 0 Å². The Kier molecular flexibility index (Phi) is 4.12. The minimum absolute atomic E-state index is 0.138. The smallest absolute Gasteiger partial charge is 0.358 e. The Hall–Kier alpha value is -1.42. The molecule has 0 spiro atoms. The number of aromatic carboxylic acids is 1. The molecule has 1 aromatic heterocycles. The van der Waals surface area contributed by atoms with Crippen molar-refractivity contribution in [3.05, 3.63) is 17.5 Å². The number of carboxylic acids is 1. The van der Waals surface area contributed by atoms with Gasteiger partial charge in [0.1, 0.15) is 15.6 Å². The summed E-state index contributed by atoms with van der Waals surface area (Å²) in [7, 11) is -7.06. The summed E-state index contributed by atoms with van der Waals surface area (Å²) in [5, 5.41) is 11.7. The van der Waals surface area contributed by atoms with Crippen LogP contribution in [0.1, 0.15) is 16.2 Å². The third kappa shape index (κ3) is 4.84. The van der Waals surface area contributed by atoms with Crippen molar-refractivity contribution in [2.24, 2.45) is 0 Å². The first-order valence-electron chi connectivity index (χ1n) is 4.66. The molecule has 0 fully saturated rings. The molecule has 0 aliphatic carbocycles. The van der Waals surface area contributed by atoms with E-state index >= 15 is 0 Å². The molecule has 0 aromatic carbocycles. The molecule has 0 bridgehead atoms. The Labute approximate surface area is 103 Å². The van der Waals surface area contributed by atoms with Crippen LogP contribution in [0.4, 0.5) is 0 Å². The van der Waals surface area contributed by atoms with Gasteiger partial charge in [0, 0.05) is 12.3 Å². The standard InChI is InChI=1S/C8H11NO7S2/c1-17(12,13)2-3-18(14,15)5-6-4-7(8(10)11)9-16-6/h4H,2-3,5H2,1H3,(H,10,11). The van der Waals surface area contributed by atoms with Crippen LogP contribution in [-0.2, 0) is 25.4 Å². The summed E-state index contributed by atoms with van der Waals surface area (Å²) in [6, 6.07) is 0.986. The van der Waals surface area contributed by atoms with Gasteiger partial charge in [-0.2, -0.15) is 0 Å². The van der Waals surface area contributed by atoms with Gasteiger partial charge in [-0.05, 0) is 0 Å². The van der Waals surface area contributed by atoms with Crippen molar-refractivity contribution in [1.82, 2.24) is 5.16 Å². The van der Waals surface area contributed by atoms with Gasteiger partial charge < -0.3 is 9.63 Å². The summed E-state index contributed by atoms with van der Waals surface area (Å²) in [5.41, 5.74) is -0.400. The molecular formula is C8H11NO7S2. The molecule has 0 unspecified atom stereocenters. The topological polar surface area (TPSA) is 132 Å². The Bertz CT molecular complexity index is 641. The summed E-state index contributed by atoms with van der Waals surface area (Å²) < 4.78 is 49.3. The van der Waals surface area contributed by atoms with Crippen molar-refractivity contribution in [3.8, 4) is 0 Å². The third-order valence-electron chi connectivity index (χ3n) is 1.91. The third-order valence-corrected chi connectivity index (χ3v) is 4.66. The van der Waals surface area contributed by atoms with E-state index in [0.29, 0.717) is 0 Å². The zero-order chi connectivity index (χ0) is 14.0. The predicted molar refractivity (Wildman–Crippen MR) is 60.7 cm³/mol. The summed E-state index contributed by atoms with van der Waals surface area (Å²) in [6.45, 7) is 0. The number of hydrogen-bond donors (Lipinski definition) is 1. The maximum atomic E-state index is 11.5. The highest BCUT2D eigenvalue weighted by atomic mass is 32.2. The molecule has 0 saturated heterocycles. The summed E-state index contributed by atoms with van der Waals surface area (Å²) in [5.74, 6) is -3.09. The van der Waals surface area contributed by atoms with E-state index < -0.39 is 48.6 Å². The van der Waals surface area contributed by atoms with Gasteiger partial charge in [0.2, 0.25) is 0 Å². The van der Waals surface area contributed by atoms with Gasteiger partial charge in [-0.25, -0.2) is 21.6 Å². The van der Waals surface area contributed by atoms with E-state index in [2.05, 4.69) is 9.68 Å². The molecule has 8 nitrogen and oxygen atoms in total. The summed E-state index contributed by atoms with van der Waals surface area (Å²) >= 11 is 0. The molecule has 10 heteroatoms. The Morgan fingerprint density at radius 2 is 1.94 bits per heavy atom. The average Bonchev–Trinajstić information content (AvgIpc) is 2.62. The number of carbonyl (C=O) groups is 1. The lowest BCUT2D eigenvalue weighted by Crippen LogP contribution is -2.17. The van der Waals surface area contributed by atoms with Crippen molar-refractivity contribution in [3.63, 3.8) is 0 Å². The fraction of sp³-hybridized carbons (Fsp3) is 0.500. The van der Waals surface area contributed by atoms with Crippen LogP contribution in [0.3, 0.4) is 0 Å². The van der Waals surface area contributed by atoms with Crippen LogP contribution in [0.15, 0.2) is 10.6 Å². The average molecular weight is 297 g/mol. The van der Waals surface area contributed by atoms with Gasteiger partial charge in [0.05, 0.1) is 11.5 Å². The first kappa shape index (κ1) is 14.6. The molecule has 0 radical (unpaired) electrons. The lowest BCUT2D eigenvalue weighted by molar-refractivity contribution is 0.0685. The van der Waals surface area contributed by atoms with Crippen molar-refractivity contribution < 1.29 is 31.3 Å². The van der Waals surface area contributed by atoms with E-state index in [0.717, 1.165) is 12.3 Å². The fourth-order valence-corrected chi connectivity index (χ4v) is 3.99. The Morgan fingerprint density at radius 1 is 1.33 bits per heavy atom. The second-order valence-electron chi connectivity index (χ2n) is 3.71. The van der Waals surface area contributed by atoms with Crippen LogP contribution in [0.2, 0.25) is 0 Å². The Balaban J connectivity index is 2.73. The highest BCUT2D eigenvalue weighted by molar-refractivity contribution is 7.94. The quantitative estimate of drug-likeness (QED) is 0.731. The van der Waals surface area contributed by atoms with Gasteiger partial charge >= 0.3 is 5.97 Å². The second kappa shape index (κ2) is 5.06. The minimum atomic E-state index is -3.69. The number of rotatable bonds is 6. The lowest BCUT2D eigenvalue weighted by atomic mass is 10.4. The summed E-state index contributed by atoms with van der Waals surface area (Å²) in [6.07, 6.45) is 0.930. The van der Waals surface area contributed by atoms with Crippen molar-refractivity contribution >= 4 is 25.6 Å². The number of nitrogens with zero attached hydrogens (tertiary/aromatic N) is 1. The largest absolute Gasteiger partial charge is 0.476 e. The minimum Gasteiger partial charge on any atom is -0.476 e. The normalized spacial score (nSPS) is 12.5. The van der Waals surface area contributed by atoms with Gasteiger partial charge in [0.25, 0.3) is 0 Å². The van der Waals surface area contributed by atoms with Crippen LogP contribution in [0, 0.1) is 0 Å². The zero-order valence-electron chi connectivity index (χ0n) is 9.36. The zero-order valence-corrected chi connectivity index (χ0v) is 11.0. The van der Waals surface area contributed by atoms with Gasteiger partial charge in [-0.1, -0.05) is 5.16 Å². The van der Waals surface area contributed by atoms with Gasteiger partial charge in [-0.15, -0.1) is 0 Å². The molecule has 102 valence electrons. The molecule has 1 aromatic rings. The van der Waals surface area contributed by atoms with Gasteiger partial charge in [0.15, 0.2) is 21.3 Å². The van der Waals surface area contributed by atoms with Crippen molar-refractivity contribution in [2.45, 2.75) is 5.75 Å².